The fourth-order valence-corrected chi connectivity index (χ4v) is 6.50. The lowest BCUT2D eigenvalue weighted by molar-refractivity contribution is -0.118. The molecule has 2 aliphatic rings. The summed E-state index contributed by atoms with van der Waals surface area (Å²) in [6, 6.07) is 4.32. The van der Waals surface area contributed by atoms with Gasteiger partial charge < -0.3 is 45.4 Å². The van der Waals surface area contributed by atoms with Crippen molar-refractivity contribution in [2.75, 3.05) is 11.9 Å². The Morgan fingerprint density at radius 3 is 2.59 bits per heavy atom. The first kappa shape index (κ1) is 29.1. The molecule has 0 aliphatic carbocycles. The number of rotatable bonds is 10. The van der Waals surface area contributed by atoms with Gasteiger partial charge in [0.05, 0.1) is 19.4 Å². The molecule has 7 N–H and O–H groups in total. The van der Waals surface area contributed by atoms with Crippen LogP contribution in [0.3, 0.4) is 0 Å². The van der Waals surface area contributed by atoms with E-state index in [1.165, 1.54) is 36.2 Å². The van der Waals surface area contributed by atoms with E-state index in [2.05, 4.69) is 21.5 Å². The zero-order valence-corrected chi connectivity index (χ0v) is 21.2. The molecule has 2 amide bonds. The second-order valence-corrected chi connectivity index (χ2v) is 11.6. The molecule has 37 heavy (non-hydrogen) atoms. The quantitative estimate of drug-likeness (QED) is 0.184. The highest BCUT2D eigenvalue weighted by atomic mass is 31.3. The van der Waals surface area contributed by atoms with E-state index in [4.69, 9.17) is 9.26 Å². The number of amides is 2. The molecule has 0 spiro atoms. The van der Waals surface area contributed by atoms with E-state index in [1.807, 2.05) is 0 Å². The molecule has 1 fully saturated rings. The van der Waals surface area contributed by atoms with Crippen molar-refractivity contribution < 1.29 is 57.4 Å². The number of phosphoric ester groups is 1. The van der Waals surface area contributed by atoms with Crippen LogP contribution in [0.25, 0.3) is 0 Å². The molecule has 15 nitrogen and oxygen atoms in total. The van der Waals surface area contributed by atoms with E-state index in [9.17, 15) is 43.8 Å². The highest BCUT2D eigenvalue weighted by Crippen LogP contribution is 2.62. The van der Waals surface area contributed by atoms with Gasteiger partial charge in [-0.2, -0.15) is 0 Å². The van der Waals surface area contributed by atoms with E-state index in [0.717, 1.165) is 6.08 Å². The Balaban J connectivity index is 1.66. The number of hydrogen-bond acceptors (Lipinski definition) is 11. The van der Waals surface area contributed by atoms with Gasteiger partial charge in [-0.25, -0.2) is 8.88 Å². The van der Waals surface area contributed by atoms with Crippen LogP contribution in [-0.4, -0.2) is 73.0 Å². The number of benzene rings is 1. The van der Waals surface area contributed by atoms with Crippen LogP contribution in [0.2, 0.25) is 0 Å². The lowest BCUT2D eigenvalue weighted by atomic mass is 10.1. The van der Waals surface area contributed by atoms with Gasteiger partial charge in [-0.05, 0) is 17.2 Å². The number of nitrogens with one attached hydrogen (secondary N) is 2. The summed E-state index contributed by atoms with van der Waals surface area (Å²) in [7, 11) is -10.1. The lowest BCUT2D eigenvalue weighted by Gasteiger charge is -2.32. The van der Waals surface area contributed by atoms with Gasteiger partial charge in [0.15, 0.2) is 6.23 Å². The van der Waals surface area contributed by atoms with E-state index >= 15 is 0 Å². The Morgan fingerprint density at radius 2 is 1.97 bits per heavy atom. The van der Waals surface area contributed by atoms with Crippen LogP contribution in [-0.2, 0) is 45.1 Å². The molecule has 1 aromatic rings. The van der Waals surface area contributed by atoms with Crippen molar-refractivity contribution in [1.82, 2.24) is 10.2 Å². The van der Waals surface area contributed by atoms with E-state index in [-0.39, 0.29) is 22.6 Å². The normalized spacial score (nSPS) is 26.9. The van der Waals surface area contributed by atoms with Gasteiger partial charge in [0.2, 0.25) is 5.91 Å². The van der Waals surface area contributed by atoms with E-state index in [0.29, 0.717) is 0 Å². The molecule has 2 aliphatic heterocycles. The van der Waals surface area contributed by atoms with Crippen LogP contribution in [0.5, 0.6) is 0 Å². The van der Waals surface area contributed by atoms with Gasteiger partial charge in [0, 0.05) is 24.9 Å². The Morgan fingerprint density at radius 1 is 1.27 bits per heavy atom. The summed E-state index contributed by atoms with van der Waals surface area (Å²) in [5, 5.41) is 35.0. The smallest absolute Gasteiger partial charge is 0.392 e. The number of hydrogen-bond donors (Lipinski definition) is 7. The van der Waals surface area contributed by atoms with Crippen molar-refractivity contribution in [3.8, 4) is 0 Å². The molecule has 0 aromatic heterocycles. The van der Waals surface area contributed by atoms with E-state index in [1.54, 1.807) is 0 Å². The summed E-state index contributed by atoms with van der Waals surface area (Å²) in [6.45, 7) is 3.42. The standard InChI is InChI=1S/C20H27N3O12P2/c1-11-21-17(26)6-7-23(11)20-19(28)18(27)16(34-20)9-33-37(31,32)35-36(29,30)10-14-13(8-24)4-3-5-15(14)22-12(2)25/h3-7,16,18-20,24,27-28H,1,8-10H2,2H3,(H,21,26)(H,22,25)(H,29,30)(H,31,32)/t16-,18?,19+,20-/m1/s1. The number of nitrogens with zero attached hydrogens (tertiary/aromatic N) is 1. The number of carbonyl (C=O) groups excluding carboxylic acids is 2. The minimum atomic E-state index is -5.23. The molecule has 0 bridgehead atoms. The fourth-order valence-electron chi connectivity index (χ4n) is 3.68. The fraction of sp³-hybridized carbons (Fsp3) is 0.400. The predicted molar refractivity (Wildman–Crippen MR) is 126 cm³/mol. The van der Waals surface area contributed by atoms with Gasteiger partial charge in [-0.15, -0.1) is 0 Å². The second kappa shape index (κ2) is 11.5. The largest absolute Gasteiger partial charge is 0.479 e. The van der Waals surface area contributed by atoms with Crippen molar-refractivity contribution >= 4 is 32.9 Å². The number of aliphatic hydroxyl groups is 3. The van der Waals surface area contributed by atoms with Gasteiger partial charge in [-0.1, -0.05) is 18.7 Å². The van der Waals surface area contributed by atoms with Gasteiger partial charge in [0.1, 0.15) is 24.1 Å². The van der Waals surface area contributed by atoms with Crippen LogP contribution in [0.1, 0.15) is 18.1 Å². The highest BCUT2D eigenvalue weighted by molar-refractivity contribution is 7.63. The van der Waals surface area contributed by atoms with Crippen molar-refractivity contribution in [1.29, 1.82) is 0 Å². The van der Waals surface area contributed by atoms with Crippen molar-refractivity contribution in [3.63, 3.8) is 0 Å². The van der Waals surface area contributed by atoms with Crippen molar-refractivity contribution in [2.45, 2.75) is 44.2 Å². The molecular formula is C20H27N3O12P2. The molecule has 0 saturated carbocycles. The molecule has 1 saturated heterocycles. The molecule has 3 unspecified atom stereocenters. The monoisotopic (exact) mass is 563 g/mol. The summed E-state index contributed by atoms with van der Waals surface area (Å²) in [5.74, 6) is -0.918. The average molecular weight is 563 g/mol. The Hall–Kier alpha value is -2.42. The predicted octanol–water partition coefficient (Wildman–Crippen LogP) is -0.180. The minimum absolute atomic E-state index is 0.00783. The van der Waals surface area contributed by atoms with Crippen LogP contribution in [0.15, 0.2) is 42.9 Å². The van der Waals surface area contributed by atoms with Crippen LogP contribution in [0, 0.1) is 0 Å². The molecule has 6 atom stereocenters. The van der Waals surface area contributed by atoms with Crippen LogP contribution in [0.4, 0.5) is 5.69 Å². The summed E-state index contributed by atoms with van der Waals surface area (Å²) in [5.41, 5.74) is 0.274. The first-order valence-electron chi connectivity index (χ1n) is 10.7. The summed E-state index contributed by atoms with van der Waals surface area (Å²) in [4.78, 5) is 44.4. The van der Waals surface area contributed by atoms with Crippen LogP contribution >= 0.6 is 15.4 Å². The van der Waals surface area contributed by atoms with Gasteiger partial charge >= 0.3 is 15.4 Å². The minimum Gasteiger partial charge on any atom is -0.392 e. The Labute approximate surface area is 211 Å². The molecule has 1 aromatic carbocycles. The molecule has 3 rings (SSSR count). The number of aliphatic hydroxyl groups excluding tert-OH is 3. The van der Waals surface area contributed by atoms with Gasteiger partial charge in [0.25, 0.3) is 5.91 Å². The summed E-state index contributed by atoms with van der Waals surface area (Å²) >= 11 is 0. The first-order chi connectivity index (χ1) is 17.2. The maximum Gasteiger partial charge on any atom is 0.479 e. The molecular weight excluding hydrogens is 536 g/mol. The highest BCUT2D eigenvalue weighted by Gasteiger charge is 2.47. The molecule has 0 radical (unpaired) electrons. The number of carbonyl (C=O) groups is 2. The number of ether oxygens (including phenoxy) is 1. The SMILES string of the molecule is C=C1NC(=O)C=CN1[C@@H]1O[C@H](COP(=O)(O)OP(=O)(O)Cc2c(CO)cccc2NC(C)=O)C(O)[C@@H]1O. The van der Waals surface area contributed by atoms with Gasteiger partial charge in [-0.3, -0.25) is 18.7 Å². The van der Waals surface area contributed by atoms with Crippen molar-refractivity contribution in [3.05, 3.63) is 54.0 Å². The third-order valence-electron chi connectivity index (χ3n) is 5.32. The number of anilines is 1. The summed E-state index contributed by atoms with van der Waals surface area (Å²) in [6.07, 6.45) is -4.24. The average Bonchev–Trinajstić information content (AvgIpc) is 3.06. The Bertz CT molecular complexity index is 1190. The zero-order valence-electron chi connectivity index (χ0n) is 19.5. The van der Waals surface area contributed by atoms with Crippen LogP contribution < -0.4 is 10.6 Å². The first-order valence-corrected chi connectivity index (χ1v) is 14.0. The Kier molecular flexibility index (Phi) is 9.09. The lowest BCUT2D eigenvalue weighted by Crippen LogP contribution is -2.46. The molecule has 204 valence electrons. The topological polar surface area (TPSA) is 224 Å². The third kappa shape index (κ3) is 7.33. The summed E-state index contributed by atoms with van der Waals surface area (Å²) < 4.78 is 39.9. The zero-order chi connectivity index (χ0) is 27.5. The molecule has 2 heterocycles. The van der Waals surface area contributed by atoms with E-state index < -0.39 is 71.1 Å². The molecule has 17 heteroatoms. The number of phosphoric acid groups is 1. The van der Waals surface area contributed by atoms with Crippen molar-refractivity contribution in [2.24, 2.45) is 0 Å². The maximum absolute atomic E-state index is 12.7. The second-order valence-electron chi connectivity index (χ2n) is 8.13. The third-order valence-corrected chi connectivity index (χ3v) is 8.36. The maximum atomic E-state index is 12.7.